The maximum absolute atomic E-state index is 12.4. The van der Waals surface area contributed by atoms with Crippen LogP contribution in [0.4, 0.5) is 5.82 Å². The number of anilines is 1. The fraction of sp³-hybridized carbons (Fsp3) is 0.294. The second-order valence-electron chi connectivity index (χ2n) is 5.80. The Hall–Kier alpha value is -2.45. The van der Waals surface area contributed by atoms with Crippen LogP contribution in [0, 0.1) is 0 Å². The molecule has 0 saturated heterocycles. The van der Waals surface area contributed by atoms with Crippen LogP contribution < -0.4 is 11.1 Å². The molecule has 3 N–H and O–H groups in total. The molecule has 0 radical (unpaired) electrons. The van der Waals surface area contributed by atoms with Gasteiger partial charge >= 0.3 is 0 Å². The van der Waals surface area contributed by atoms with E-state index in [4.69, 9.17) is 5.73 Å². The number of hydrogen-bond acceptors (Lipinski definition) is 4. The van der Waals surface area contributed by atoms with E-state index in [9.17, 15) is 8.42 Å². The number of hydrogen-bond donors (Lipinski definition) is 2. The lowest BCUT2D eigenvalue weighted by molar-refractivity contribution is 0.410. The first kappa shape index (κ1) is 18.9. The van der Waals surface area contributed by atoms with E-state index in [1.165, 1.54) is 4.31 Å². The summed E-state index contributed by atoms with van der Waals surface area (Å²) < 4.78 is 26.2. The Morgan fingerprint density at radius 2 is 1.92 bits per heavy atom. The van der Waals surface area contributed by atoms with E-state index in [1.807, 2.05) is 26.0 Å². The third kappa shape index (κ3) is 5.01. The number of rotatable bonds is 6. The molecular formula is C17H23N5O2S. The van der Waals surface area contributed by atoms with Gasteiger partial charge in [-0.1, -0.05) is 18.2 Å². The molecule has 0 atom stereocenters. The fourth-order valence-electron chi connectivity index (χ4n) is 1.99. The summed E-state index contributed by atoms with van der Waals surface area (Å²) in [6.07, 6.45) is 1.66. The van der Waals surface area contributed by atoms with Gasteiger partial charge in [-0.2, -0.15) is 4.31 Å². The van der Waals surface area contributed by atoms with Crippen LogP contribution in [-0.4, -0.2) is 36.8 Å². The Balaban J connectivity index is 2.04. The summed E-state index contributed by atoms with van der Waals surface area (Å²) in [5.41, 5.74) is 6.68. The van der Waals surface area contributed by atoms with Gasteiger partial charge in [-0.25, -0.2) is 18.4 Å². The molecule has 0 aliphatic rings. The maximum atomic E-state index is 12.4. The van der Waals surface area contributed by atoms with E-state index < -0.39 is 10.0 Å². The van der Waals surface area contributed by atoms with Gasteiger partial charge in [0, 0.05) is 19.3 Å². The Labute approximate surface area is 148 Å². The summed E-state index contributed by atoms with van der Waals surface area (Å²) in [4.78, 5) is 8.59. The van der Waals surface area contributed by atoms with Crippen LogP contribution in [0.15, 0.2) is 58.5 Å². The molecular weight excluding hydrogens is 338 g/mol. The Bertz CT molecular complexity index is 818. The van der Waals surface area contributed by atoms with E-state index in [0.717, 1.165) is 5.56 Å². The van der Waals surface area contributed by atoms with E-state index in [-0.39, 0.29) is 16.9 Å². The molecule has 0 unspecified atom stereocenters. The lowest BCUT2D eigenvalue weighted by Crippen LogP contribution is -2.33. The van der Waals surface area contributed by atoms with Crippen LogP contribution in [-0.2, 0) is 16.6 Å². The van der Waals surface area contributed by atoms with Crippen molar-refractivity contribution in [2.24, 2.45) is 10.7 Å². The second kappa shape index (κ2) is 8.09. The minimum Gasteiger partial charge on any atom is -0.370 e. The second-order valence-corrected chi connectivity index (χ2v) is 7.80. The number of sulfonamides is 1. The van der Waals surface area contributed by atoms with Crippen molar-refractivity contribution in [3.63, 3.8) is 0 Å². The van der Waals surface area contributed by atoms with Gasteiger partial charge in [0.15, 0.2) is 5.96 Å². The van der Waals surface area contributed by atoms with Gasteiger partial charge in [0.25, 0.3) is 0 Å². The topological polar surface area (TPSA) is 101 Å². The number of benzene rings is 1. The fourth-order valence-corrected chi connectivity index (χ4v) is 3.36. The average molecular weight is 361 g/mol. The lowest BCUT2D eigenvalue weighted by Gasteiger charge is -2.21. The molecule has 1 aromatic carbocycles. The van der Waals surface area contributed by atoms with Gasteiger partial charge < -0.3 is 11.1 Å². The van der Waals surface area contributed by atoms with Crippen molar-refractivity contribution in [1.82, 2.24) is 9.29 Å². The molecule has 0 aliphatic heterocycles. The van der Waals surface area contributed by atoms with E-state index in [1.54, 1.807) is 43.6 Å². The van der Waals surface area contributed by atoms with Crippen molar-refractivity contribution in [3.05, 3.63) is 54.2 Å². The van der Waals surface area contributed by atoms with Gasteiger partial charge in [-0.15, -0.1) is 0 Å². The Morgan fingerprint density at radius 1 is 1.24 bits per heavy atom. The van der Waals surface area contributed by atoms with Crippen molar-refractivity contribution >= 4 is 21.8 Å². The molecule has 8 heteroatoms. The molecule has 2 rings (SSSR count). The smallest absolute Gasteiger partial charge is 0.243 e. The first-order chi connectivity index (χ1) is 11.8. The first-order valence-electron chi connectivity index (χ1n) is 7.85. The van der Waals surface area contributed by atoms with Crippen molar-refractivity contribution in [2.45, 2.75) is 31.3 Å². The molecule has 0 fully saturated rings. The first-order valence-corrected chi connectivity index (χ1v) is 9.29. The van der Waals surface area contributed by atoms with Crippen LogP contribution in [0.25, 0.3) is 0 Å². The van der Waals surface area contributed by atoms with Crippen LogP contribution >= 0.6 is 0 Å². The number of aromatic nitrogens is 1. The van der Waals surface area contributed by atoms with E-state index in [2.05, 4.69) is 15.3 Å². The Morgan fingerprint density at radius 3 is 2.48 bits per heavy atom. The summed E-state index contributed by atoms with van der Waals surface area (Å²) >= 11 is 0. The molecule has 0 spiro atoms. The number of nitrogens with one attached hydrogen (secondary N) is 1. The van der Waals surface area contributed by atoms with Crippen molar-refractivity contribution < 1.29 is 8.42 Å². The van der Waals surface area contributed by atoms with Crippen LogP contribution in [0.1, 0.15) is 19.4 Å². The normalized spacial score (nSPS) is 12.6. The predicted octanol–water partition coefficient (Wildman–Crippen LogP) is 2.04. The van der Waals surface area contributed by atoms with Crippen molar-refractivity contribution in [3.8, 4) is 0 Å². The SMILES string of the molecule is CC(C)N(C)S(=O)(=O)c1ccc(CN=C(N)Nc2ccccn2)cc1. The molecule has 7 nitrogen and oxygen atoms in total. The zero-order valence-electron chi connectivity index (χ0n) is 14.5. The van der Waals surface area contributed by atoms with Crippen molar-refractivity contribution in [2.75, 3.05) is 12.4 Å². The number of guanidine groups is 1. The molecule has 0 saturated carbocycles. The van der Waals surface area contributed by atoms with Gasteiger partial charge in [-0.3, -0.25) is 0 Å². The quantitative estimate of drug-likeness (QED) is 0.606. The van der Waals surface area contributed by atoms with Gasteiger partial charge in [0.2, 0.25) is 10.0 Å². The highest BCUT2D eigenvalue weighted by Gasteiger charge is 2.22. The molecule has 0 amide bonds. The highest BCUT2D eigenvalue weighted by molar-refractivity contribution is 7.89. The van der Waals surface area contributed by atoms with Crippen LogP contribution in [0.2, 0.25) is 0 Å². The lowest BCUT2D eigenvalue weighted by atomic mass is 10.2. The summed E-state index contributed by atoms with van der Waals surface area (Å²) in [6.45, 7) is 4.00. The zero-order valence-corrected chi connectivity index (χ0v) is 15.4. The monoisotopic (exact) mass is 361 g/mol. The largest absolute Gasteiger partial charge is 0.370 e. The van der Waals surface area contributed by atoms with Gasteiger partial charge in [0.1, 0.15) is 5.82 Å². The zero-order chi connectivity index (χ0) is 18.4. The van der Waals surface area contributed by atoms with Gasteiger partial charge in [-0.05, 0) is 43.7 Å². The van der Waals surface area contributed by atoms with Gasteiger partial charge in [0.05, 0.1) is 11.4 Å². The Kier molecular flexibility index (Phi) is 6.11. The predicted molar refractivity (Wildman–Crippen MR) is 99.7 cm³/mol. The summed E-state index contributed by atoms with van der Waals surface area (Å²) in [7, 11) is -1.90. The molecule has 2 aromatic rings. The molecule has 134 valence electrons. The average Bonchev–Trinajstić information content (AvgIpc) is 2.60. The maximum Gasteiger partial charge on any atom is 0.243 e. The summed E-state index contributed by atoms with van der Waals surface area (Å²) in [5.74, 6) is 0.858. The third-order valence-corrected chi connectivity index (χ3v) is 5.73. The molecule has 0 bridgehead atoms. The molecule has 25 heavy (non-hydrogen) atoms. The number of pyridine rings is 1. The van der Waals surface area contributed by atoms with Crippen LogP contribution in [0.3, 0.4) is 0 Å². The third-order valence-electron chi connectivity index (χ3n) is 3.68. The highest BCUT2D eigenvalue weighted by atomic mass is 32.2. The highest BCUT2D eigenvalue weighted by Crippen LogP contribution is 2.17. The molecule has 1 aromatic heterocycles. The van der Waals surface area contributed by atoms with E-state index >= 15 is 0 Å². The summed E-state index contributed by atoms with van der Waals surface area (Å²) in [5, 5.41) is 2.89. The summed E-state index contributed by atoms with van der Waals surface area (Å²) in [6, 6.07) is 12.0. The molecule has 1 heterocycles. The molecule has 0 aliphatic carbocycles. The number of nitrogens with two attached hydrogens (primary N) is 1. The number of nitrogens with zero attached hydrogens (tertiary/aromatic N) is 3. The standard InChI is InChI=1S/C17H23N5O2S/c1-13(2)22(3)25(23,24)15-9-7-14(8-10-15)12-20-17(18)21-16-6-4-5-11-19-16/h4-11,13H,12H2,1-3H3,(H3,18,19,20,21). The van der Waals surface area contributed by atoms with Crippen LogP contribution in [0.5, 0.6) is 0 Å². The van der Waals surface area contributed by atoms with E-state index in [0.29, 0.717) is 12.4 Å². The minimum absolute atomic E-state index is 0.105. The van der Waals surface area contributed by atoms with Crippen molar-refractivity contribution in [1.29, 1.82) is 0 Å². The minimum atomic E-state index is -3.47. The number of aliphatic imine (C=N–C) groups is 1.